The van der Waals surface area contributed by atoms with Gasteiger partial charge in [0.2, 0.25) is 0 Å². The summed E-state index contributed by atoms with van der Waals surface area (Å²) >= 11 is 0. The second kappa shape index (κ2) is 11.3. The Hall–Kier alpha value is -3.16. The normalized spacial score (nSPS) is 20.5. The van der Waals surface area contributed by atoms with Crippen LogP contribution in [-0.4, -0.2) is 72.0 Å². The Bertz CT molecular complexity index is 1100. The number of likely N-dealkylation sites (tertiary alicyclic amines) is 1. The van der Waals surface area contributed by atoms with E-state index in [0.717, 1.165) is 31.7 Å². The number of amides is 1. The number of rotatable bonds is 8. The number of benzene rings is 2. The lowest BCUT2D eigenvalue weighted by molar-refractivity contribution is -0.140. The predicted octanol–water partition coefficient (Wildman–Crippen LogP) is 3.92. The standard InChI is InChI=1S/C29H37N3O4/c1-19(2)21-5-7-22(8-6-21)26-25(27(33)23-9-11-24(12-10-23)36-20(3)4)28(34)29(35)32(26)18-17-31-15-13-30-14-16-31/h5-12,19-20,26,30,33H,13-18H2,1-4H3. The molecule has 2 fully saturated rings. The van der Waals surface area contributed by atoms with Crippen LogP contribution < -0.4 is 10.1 Å². The number of hydrogen-bond acceptors (Lipinski definition) is 6. The van der Waals surface area contributed by atoms with Gasteiger partial charge in [-0.15, -0.1) is 0 Å². The molecule has 2 aromatic rings. The topological polar surface area (TPSA) is 82.1 Å². The van der Waals surface area contributed by atoms with E-state index in [1.165, 1.54) is 5.56 Å². The number of ether oxygens (including phenoxy) is 1. The zero-order valence-electron chi connectivity index (χ0n) is 21.7. The maximum absolute atomic E-state index is 13.3. The first-order valence-electron chi connectivity index (χ1n) is 12.8. The number of aliphatic hydroxyl groups excluding tert-OH is 1. The number of nitrogens with zero attached hydrogens (tertiary/aromatic N) is 2. The van der Waals surface area contributed by atoms with Crippen LogP contribution in [0.4, 0.5) is 0 Å². The van der Waals surface area contributed by atoms with Gasteiger partial charge in [-0.05, 0) is 55.2 Å². The van der Waals surface area contributed by atoms with E-state index in [4.69, 9.17) is 4.74 Å². The molecular formula is C29H37N3O4. The van der Waals surface area contributed by atoms with Crippen LogP contribution in [0.25, 0.3) is 5.76 Å². The summed E-state index contributed by atoms with van der Waals surface area (Å²) in [6.45, 7) is 12.9. The quantitative estimate of drug-likeness (QED) is 0.331. The van der Waals surface area contributed by atoms with E-state index >= 15 is 0 Å². The second-order valence-electron chi connectivity index (χ2n) is 10.1. The van der Waals surface area contributed by atoms with Crippen molar-refractivity contribution >= 4 is 17.4 Å². The molecule has 1 amide bonds. The van der Waals surface area contributed by atoms with E-state index < -0.39 is 17.7 Å². The summed E-state index contributed by atoms with van der Waals surface area (Å²) in [4.78, 5) is 30.4. The van der Waals surface area contributed by atoms with Crippen LogP contribution in [-0.2, 0) is 9.59 Å². The van der Waals surface area contributed by atoms with Gasteiger partial charge < -0.3 is 20.1 Å². The first-order chi connectivity index (χ1) is 17.3. The largest absolute Gasteiger partial charge is 0.507 e. The number of aliphatic hydroxyl groups is 1. The molecule has 2 N–H and O–H groups in total. The fourth-order valence-electron chi connectivity index (χ4n) is 4.82. The average molecular weight is 492 g/mol. The van der Waals surface area contributed by atoms with Crippen molar-refractivity contribution in [1.29, 1.82) is 0 Å². The fraction of sp³-hybridized carbons (Fsp3) is 0.448. The Morgan fingerprint density at radius 2 is 1.61 bits per heavy atom. The molecule has 1 atom stereocenters. The molecule has 2 heterocycles. The van der Waals surface area contributed by atoms with Gasteiger partial charge in [0.15, 0.2) is 0 Å². The highest BCUT2D eigenvalue weighted by Gasteiger charge is 2.46. The van der Waals surface area contributed by atoms with E-state index in [9.17, 15) is 14.7 Å². The summed E-state index contributed by atoms with van der Waals surface area (Å²) < 4.78 is 5.70. The summed E-state index contributed by atoms with van der Waals surface area (Å²) in [5.41, 5.74) is 2.61. The Morgan fingerprint density at radius 1 is 0.972 bits per heavy atom. The zero-order valence-corrected chi connectivity index (χ0v) is 21.7. The molecule has 0 bridgehead atoms. The number of carbonyl (C=O) groups excluding carboxylic acids is 2. The van der Waals surface area contributed by atoms with Gasteiger partial charge >= 0.3 is 0 Å². The van der Waals surface area contributed by atoms with Gasteiger partial charge in [-0.25, -0.2) is 0 Å². The highest BCUT2D eigenvalue weighted by atomic mass is 16.5. The van der Waals surface area contributed by atoms with E-state index in [1.54, 1.807) is 29.2 Å². The molecule has 36 heavy (non-hydrogen) atoms. The molecule has 0 spiro atoms. The molecule has 0 saturated carbocycles. The maximum Gasteiger partial charge on any atom is 0.295 e. The number of ketones is 1. The molecule has 4 rings (SSSR count). The lowest BCUT2D eigenvalue weighted by Gasteiger charge is -2.31. The molecule has 2 aromatic carbocycles. The third-order valence-electron chi connectivity index (χ3n) is 6.83. The van der Waals surface area contributed by atoms with E-state index in [2.05, 4.69) is 24.1 Å². The van der Waals surface area contributed by atoms with Crippen molar-refractivity contribution in [2.45, 2.75) is 45.8 Å². The van der Waals surface area contributed by atoms with Crippen molar-refractivity contribution in [1.82, 2.24) is 15.1 Å². The smallest absolute Gasteiger partial charge is 0.295 e. The maximum atomic E-state index is 13.3. The Morgan fingerprint density at radius 3 is 2.19 bits per heavy atom. The van der Waals surface area contributed by atoms with Gasteiger partial charge in [-0.2, -0.15) is 0 Å². The van der Waals surface area contributed by atoms with Crippen molar-refractivity contribution in [3.8, 4) is 5.75 Å². The molecule has 0 radical (unpaired) electrons. The summed E-state index contributed by atoms with van der Waals surface area (Å²) in [6.07, 6.45) is 0.0271. The fourth-order valence-corrected chi connectivity index (χ4v) is 4.82. The predicted molar refractivity (Wildman–Crippen MR) is 141 cm³/mol. The molecule has 2 saturated heterocycles. The molecular weight excluding hydrogens is 454 g/mol. The molecule has 7 heteroatoms. The van der Waals surface area contributed by atoms with Crippen molar-refractivity contribution in [2.24, 2.45) is 0 Å². The number of hydrogen-bond donors (Lipinski definition) is 2. The lowest BCUT2D eigenvalue weighted by atomic mass is 9.93. The van der Waals surface area contributed by atoms with Gasteiger partial charge in [-0.3, -0.25) is 14.5 Å². The minimum atomic E-state index is -0.645. The second-order valence-corrected chi connectivity index (χ2v) is 10.1. The highest BCUT2D eigenvalue weighted by molar-refractivity contribution is 6.46. The van der Waals surface area contributed by atoms with Crippen LogP contribution >= 0.6 is 0 Å². The highest BCUT2D eigenvalue weighted by Crippen LogP contribution is 2.39. The third kappa shape index (κ3) is 5.63. The van der Waals surface area contributed by atoms with Crippen molar-refractivity contribution in [3.63, 3.8) is 0 Å². The minimum Gasteiger partial charge on any atom is -0.507 e. The monoisotopic (exact) mass is 491 g/mol. The molecule has 2 aliphatic rings. The zero-order chi connectivity index (χ0) is 25.8. The Balaban J connectivity index is 1.70. The van der Waals surface area contributed by atoms with Gasteiger partial charge in [0, 0.05) is 44.8 Å². The van der Waals surface area contributed by atoms with Crippen LogP contribution in [0.1, 0.15) is 56.3 Å². The van der Waals surface area contributed by atoms with Crippen molar-refractivity contribution in [2.75, 3.05) is 39.3 Å². The SMILES string of the molecule is CC(C)Oc1ccc(C(O)=C2C(=O)C(=O)N(CCN3CCNCC3)C2c2ccc(C(C)C)cc2)cc1. The van der Waals surface area contributed by atoms with Crippen LogP contribution in [0.2, 0.25) is 0 Å². The average Bonchev–Trinajstić information content (AvgIpc) is 3.12. The van der Waals surface area contributed by atoms with Gasteiger partial charge in [0.25, 0.3) is 11.7 Å². The van der Waals surface area contributed by atoms with Gasteiger partial charge in [0.1, 0.15) is 11.5 Å². The number of Topliss-reactive ketones (excluding diaryl/α,β-unsaturated/α-hetero) is 1. The van der Waals surface area contributed by atoms with E-state index in [1.807, 2.05) is 38.1 Å². The third-order valence-corrected chi connectivity index (χ3v) is 6.83. The summed E-state index contributed by atoms with van der Waals surface area (Å²) in [7, 11) is 0. The molecule has 2 aliphatic heterocycles. The van der Waals surface area contributed by atoms with Crippen LogP contribution in [0.15, 0.2) is 54.1 Å². The van der Waals surface area contributed by atoms with E-state index in [0.29, 0.717) is 30.3 Å². The number of piperazine rings is 1. The number of nitrogens with one attached hydrogen (secondary N) is 1. The Kier molecular flexibility index (Phi) is 8.11. The summed E-state index contributed by atoms with van der Waals surface area (Å²) in [6, 6.07) is 14.3. The Labute approximate surface area is 213 Å². The lowest BCUT2D eigenvalue weighted by Crippen LogP contribution is -2.46. The minimum absolute atomic E-state index is 0.0271. The van der Waals surface area contributed by atoms with Crippen molar-refractivity contribution < 1.29 is 19.4 Å². The first kappa shape index (κ1) is 25.9. The summed E-state index contributed by atoms with van der Waals surface area (Å²) in [5.74, 6) is -0.326. The van der Waals surface area contributed by atoms with Gasteiger partial charge in [0.05, 0.1) is 17.7 Å². The van der Waals surface area contributed by atoms with Crippen LogP contribution in [0, 0.1) is 0 Å². The molecule has 7 nitrogen and oxygen atoms in total. The number of carbonyl (C=O) groups is 2. The molecule has 0 aliphatic carbocycles. The molecule has 1 unspecified atom stereocenters. The van der Waals surface area contributed by atoms with Crippen molar-refractivity contribution in [3.05, 3.63) is 70.8 Å². The van der Waals surface area contributed by atoms with Crippen LogP contribution in [0.3, 0.4) is 0 Å². The molecule has 0 aromatic heterocycles. The first-order valence-corrected chi connectivity index (χ1v) is 12.8. The summed E-state index contributed by atoms with van der Waals surface area (Å²) in [5, 5.41) is 14.6. The van der Waals surface area contributed by atoms with Crippen LogP contribution in [0.5, 0.6) is 5.75 Å². The van der Waals surface area contributed by atoms with Gasteiger partial charge in [-0.1, -0.05) is 38.1 Å². The van der Waals surface area contributed by atoms with E-state index in [-0.39, 0.29) is 17.4 Å². The molecule has 192 valence electrons.